The second-order valence-corrected chi connectivity index (χ2v) is 15.0. The molecule has 0 N–H and O–H groups in total. The Labute approximate surface area is 294 Å². The second kappa shape index (κ2) is 33.4. The van der Waals surface area contributed by atoms with Gasteiger partial charge in [0.25, 0.3) is 0 Å². The first-order valence-electron chi connectivity index (χ1n) is 23.8. The SMILES string of the molecule is [2H]C(C)(C)C.[2H]C([2H])(C)C(C)(C)C.[2H]C([2H])(C)C(C)C.[2H]C([2H])(C)C1CCCC1.[2H]C([2H])(C)C1CCCCC1.[2H]C1(C)CCCC1.[2H]C1(C)CCCCC1. The summed E-state index contributed by atoms with van der Waals surface area (Å²) >= 11 is 0. The van der Waals surface area contributed by atoms with Gasteiger partial charge < -0.3 is 0 Å². The van der Waals surface area contributed by atoms with Gasteiger partial charge in [-0.25, -0.2) is 0 Å². The number of hydrogen-bond acceptors (Lipinski definition) is 0. The van der Waals surface area contributed by atoms with Crippen LogP contribution in [-0.2, 0) is 0 Å². The third kappa shape index (κ3) is 44.2. The summed E-state index contributed by atoms with van der Waals surface area (Å²) in [5.74, 6) is 0.435. The van der Waals surface area contributed by atoms with Crippen LogP contribution in [0.3, 0.4) is 0 Å². The van der Waals surface area contributed by atoms with E-state index in [0.717, 1.165) is 51.4 Å². The van der Waals surface area contributed by atoms with Crippen LogP contribution in [0.15, 0.2) is 0 Å². The fourth-order valence-electron chi connectivity index (χ4n) is 4.74. The minimum atomic E-state index is -1.06. The van der Waals surface area contributed by atoms with Gasteiger partial charge in [0.2, 0.25) is 0 Å². The smallest absolute Gasteiger partial charge is 0.0300 e. The monoisotopic (exact) mass is 620 g/mol. The van der Waals surface area contributed by atoms with Gasteiger partial charge >= 0.3 is 0 Å². The molecule has 0 atom stereocenters. The summed E-state index contributed by atoms with van der Waals surface area (Å²) in [5, 5.41) is 0. The molecule has 4 saturated carbocycles. The van der Waals surface area contributed by atoms with Gasteiger partial charge in [0, 0.05) is 15.1 Å². The average Bonchev–Trinajstić information content (AvgIpc) is 3.64. The topological polar surface area (TPSA) is 0 Å². The van der Waals surface area contributed by atoms with Crippen LogP contribution in [0.25, 0.3) is 0 Å². The van der Waals surface area contributed by atoms with Crippen molar-refractivity contribution in [1.82, 2.24) is 0 Å². The van der Waals surface area contributed by atoms with E-state index in [9.17, 15) is 0 Å². The lowest BCUT2D eigenvalue weighted by Gasteiger charge is -2.18. The van der Waals surface area contributed by atoms with Crippen molar-refractivity contribution in [3.8, 4) is 0 Å². The standard InChI is InChI=1S/C8H16.2C7H14.C6H12.C6H14.C5H12.C4H10/c1-2-8-6-4-3-5-7-8;1-7-5-3-2-4-6-7;1-2-7-5-3-4-6-7;1-6-4-2-3-5-6;1-5-6(2,3)4;1-4-5(2)3;1-4(2)3/h8H,2-7H2,1H3;2*7H,2-6H2,1H3;6H,2-5H2,1H3;5H2,1-4H3;5H,4H2,1-3H3;4H,1-3H3/i2D2;7D;2D2;6D;5D2;4D2;4D. The summed E-state index contributed by atoms with van der Waals surface area (Å²) in [5.41, 5.74) is -0.229. The van der Waals surface area contributed by atoms with Crippen LogP contribution in [-0.4, -0.2) is 0 Å². The maximum absolute atomic E-state index is 7.63. The van der Waals surface area contributed by atoms with Crippen molar-refractivity contribution in [1.29, 1.82) is 0 Å². The van der Waals surface area contributed by atoms with Crippen LogP contribution in [0.5, 0.6) is 0 Å². The van der Waals surface area contributed by atoms with Gasteiger partial charge in [-0.15, -0.1) is 0 Å². The molecule has 0 bridgehead atoms. The maximum Gasteiger partial charge on any atom is 0.0300 e. The summed E-state index contributed by atoms with van der Waals surface area (Å²) in [6.07, 6.45) is 17.7. The van der Waals surface area contributed by atoms with Crippen LogP contribution >= 0.6 is 0 Å². The van der Waals surface area contributed by atoms with E-state index in [1.165, 1.54) is 64.2 Å². The number of hydrogen-bond donors (Lipinski definition) is 0. The van der Waals surface area contributed by atoms with Crippen LogP contribution in [0.2, 0.25) is 0 Å². The molecule has 4 aliphatic rings. The normalized spacial score (nSPS) is 26.3. The van der Waals surface area contributed by atoms with Crippen molar-refractivity contribution in [3.63, 3.8) is 0 Å². The van der Waals surface area contributed by atoms with E-state index in [1.54, 1.807) is 27.7 Å². The fraction of sp³-hybridized carbons (Fsp3) is 1.00. The molecule has 0 unspecified atom stereocenters. The molecule has 4 rings (SSSR count). The first-order valence-corrected chi connectivity index (χ1v) is 18.3. The summed E-state index contributed by atoms with van der Waals surface area (Å²) in [6.45, 7) is 25.7. The molecular weight excluding hydrogens is 516 g/mol. The van der Waals surface area contributed by atoms with Gasteiger partial charge in [-0.1, -0.05) is 238 Å². The molecule has 0 heterocycles. The maximum atomic E-state index is 7.63. The minimum absolute atomic E-state index is 0.0556. The zero-order valence-corrected chi connectivity index (χ0v) is 32.5. The van der Waals surface area contributed by atoms with Crippen molar-refractivity contribution in [2.24, 2.45) is 40.9 Å². The second-order valence-electron chi connectivity index (χ2n) is 15.0. The molecule has 0 heteroatoms. The van der Waals surface area contributed by atoms with Crippen molar-refractivity contribution in [2.45, 2.75) is 238 Å². The largest absolute Gasteiger partial charge is 0.0651 e. The van der Waals surface area contributed by atoms with Crippen LogP contribution in [0.4, 0.5) is 0 Å². The zero-order chi connectivity index (χ0) is 43.5. The van der Waals surface area contributed by atoms with E-state index in [1.807, 2.05) is 69.2 Å². The molecule has 0 amide bonds. The Hall–Kier alpha value is 0. The van der Waals surface area contributed by atoms with Crippen LogP contribution in [0.1, 0.15) is 253 Å². The molecule has 0 aromatic heterocycles. The third-order valence-electron chi connectivity index (χ3n) is 8.27. The molecule has 264 valence electrons. The highest BCUT2D eigenvalue weighted by atomic mass is 14.2. The van der Waals surface area contributed by atoms with E-state index in [2.05, 4.69) is 0 Å². The molecule has 4 aliphatic carbocycles. The van der Waals surface area contributed by atoms with Gasteiger partial charge in [-0.2, -0.15) is 0 Å². The van der Waals surface area contributed by atoms with Gasteiger partial charge in [0.05, 0.1) is 0 Å². The highest BCUT2D eigenvalue weighted by molar-refractivity contribution is 4.65. The number of rotatable bonds is 3. The van der Waals surface area contributed by atoms with E-state index in [4.69, 9.17) is 15.1 Å². The van der Waals surface area contributed by atoms with Crippen molar-refractivity contribution in [2.75, 3.05) is 0 Å². The molecule has 4 fully saturated rings. The Bertz CT molecular complexity index is 857. The van der Waals surface area contributed by atoms with Gasteiger partial charge in [-0.05, 0) is 40.9 Å². The van der Waals surface area contributed by atoms with Crippen molar-refractivity contribution >= 4 is 0 Å². The lowest BCUT2D eigenvalue weighted by atomic mass is 9.88. The highest BCUT2D eigenvalue weighted by Crippen LogP contribution is 2.27. The summed E-state index contributed by atoms with van der Waals surface area (Å²) in [4.78, 5) is 0. The molecule has 0 aromatic carbocycles. The predicted molar refractivity (Wildman–Crippen MR) is 204 cm³/mol. The Morgan fingerprint density at radius 3 is 0.907 bits per heavy atom. The molecular formula is C43H92. The average molecular weight is 620 g/mol. The molecule has 0 radical (unpaired) electrons. The summed E-state index contributed by atoms with van der Waals surface area (Å²) in [7, 11) is 0. The fourth-order valence-corrected chi connectivity index (χ4v) is 4.74. The highest BCUT2D eigenvalue weighted by Gasteiger charge is 2.11. The molecule has 0 spiro atoms. The zero-order valence-electron chi connectivity index (χ0n) is 43.5. The third-order valence-corrected chi connectivity index (χ3v) is 8.27. The van der Waals surface area contributed by atoms with Gasteiger partial charge in [0.1, 0.15) is 0 Å². The van der Waals surface area contributed by atoms with E-state index in [-0.39, 0.29) is 29.0 Å². The van der Waals surface area contributed by atoms with Gasteiger partial charge in [0.15, 0.2) is 0 Å². The Kier molecular flexibility index (Phi) is 22.6. The molecule has 0 aromatic rings. The Balaban J connectivity index is -0.000000567. The minimum Gasteiger partial charge on any atom is -0.0651 e. The van der Waals surface area contributed by atoms with E-state index in [0.29, 0.717) is 11.8 Å². The van der Waals surface area contributed by atoms with Crippen LogP contribution < -0.4 is 0 Å². The first-order chi connectivity index (χ1) is 23.8. The predicted octanol–water partition coefficient (Wildman–Crippen LogP) is 16.5. The summed E-state index contributed by atoms with van der Waals surface area (Å²) in [6, 6.07) is 0. The summed E-state index contributed by atoms with van der Waals surface area (Å²) < 4.78 is 80.4. The molecule has 0 aliphatic heterocycles. The molecule has 0 nitrogen and oxygen atoms in total. The Morgan fingerprint density at radius 1 is 0.558 bits per heavy atom. The molecule has 43 heavy (non-hydrogen) atoms. The van der Waals surface area contributed by atoms with Crippen molar-refractivity contribution in [3.05, 3.63) is 0 Å². The lowest BCUT2D eigenvalue weighted by Crippen LogP contribution is -2.03. The quantitative estimate of drug-likeness (QED) is 0.295. The van der Waals surface area contributed by atoms with Crippen molar-refractivity contribution < 1.29 is 15.1 Å². The Morgan fingerprint density at radius 2 is 0.767 bits per heavy atom. The van der Waals surface area contributed by atoms with Crippen LogP contribution in [0, 0.1) is 40.9 Å². The first kappa shape index (κ1) is 29.2. The van der Waals surface area contributed by atoms with E-state index < -0.39 is 25.5 Å². The van der Waals surface area contributed by atoms with Gasteiger partial charge in [-0.3, -0.25) is 0 Å². The van der Waals surface area contributed by atoms with E-state index >= 15 is 0 Å². The molecule has 0 saturated heterocycles. The lowest BCUT2D eigenvalue weighted by molar-refractivity contribution is 0.349.